The third-order valence-electron chi connectivity index (χ3n) is 7.95. The van der Waals surface area contributed by atoms with Gasteiger partial charge in [0.1, 0.15) is 24.2 Å². The largest absolute Gasteiger partial charge is 0.486 e. The molecule has 50 heavy (non-hydrogen) atoms. The van der Waals surface area contributed by atoms with Crippen LogP contribution < -0.4 is 25.4 Å². The minimum Gasteiger partial charge on any atom is -0.486 e. The van der Waals surface area contributed by atoms with Crippen LogP contribution in [0.25, 0.3) is 17.0 Å². The van der Waals surface area contributed by atoms with Crippen LogP contribution in [-0.4, -0.2) is 35.9 Å². The van der Waals surface area contributed by atoms with E-state index in [1.54, 1.807) is 66.9 Å². The van der Waals surface area contributed by atoms with Crippen LogP contribution in [0.4, 0.5) is 11.4 Å². The highest BCUT2D eigenvalue weighted by Crippen LogP contribution is 2.38. The van der Waals surface area contributed by atoms with Crippen LogP contribution in [0.5, 0.6) is 11.5 Å². The van der Waals surface area contributed by atoms with Crippen molar-refractivity contribution in [1.29, 1.82) is 0 Å². The van der Waals surface area contributed by atoms with Gasteiger partial charge in [-0.05, 0) is 60.2 Å². The molecule has 5 aromatic carbocycles. The summed E-state index contributed by atoms with van der Waals surface area (Å²) in [6, 6.07) is 38.5. The van der Waals surface area contributed by atoms with E-state index < -0.39 is 17.1 Å². The van der Waals surface area contributed by atoms with Gasteiger partial charge in [-0.3, -0.25) is 14.4 Å². The molecule has 9 nitrogen and oxygen atoms in total. The topological polar surface area (TPSA) is 122 Å². The fourth-order valence-electron chi connectivity index (χ4n) is 5.52. The zero-order valence-electron chi connectivity index (χ0n) is 26.7. The maximum Gasteiger partial charge on any atom is 0.272 e. The summed E-state index contributed by atoms with van der Waals surface area (Å²) >= 11 is 1.35. The minimum absolute atomic E-state index is 0.0719. The van der Waals surface area contributed by atoms with Crippen molar-refractivity contribution in [3.63, 3.8) is 0 Å². The number of rotatable bonds is 10. The van der Waals surface area contributed by atoms with Gasteiger partial charge in [-0.2, -0.15) is 0 Å². The summed E-state index contributed by atoms with van der Waals surface area (Å²) in [5, 5.41) is 9.06. The molecule has 0 saturated heterocycles. The number of para-hydroxylation sites is 1. The fourth-order valence-corrected chi connectivity index (χ4v) is 6.61. The lowest BCUT2D eigenvalue weighted by Crippen LogP contribution is -2.30. The number of aromatic nitrogens is 1. The third-order valence-corrected chi connectivity index (χ3v) is 9.19. The number of carbonyl (C=O) groups excluding carboxylic acids is 3. The Balaban J connectivity index is 1.13. The average Bonchev–Trinajstić information content (AvgIpc) is 3.57. The van der Waals surface area contributed by atoms with Gasteiger partial charge in [0.25, 0.3) is 11.8 Å². The van der Waals surface area contributed by atoms with Crippen molar-refractivity contribution in [2.75, 3.05) is 23.8 Å². The monoisotopic (exact) mass is 680 g/mol. The number of ether oxygens (including phenoxy) is 2. The quantitative estimate of drug-likeness (QED) is 0.0865. The second-order valence-corrected chi connectivity index (χ2v) is 12.6. The van der Waals surface area contributed by atoms with Gasteiger partial charge >= 0.3 is 0 Å². The summed E-state index contributed by atoms with van der Waals surface area (Å²) in [6.07, 6.45) is 3.45. The van der Waals surface area contributed by atoms with E-state index in [1.807, 2.05) is 72.8 Å². The summed E-state index contributed by atoms with van der Waals surface area (Å²) in [5.41, 5.74) is 4.05. The highest BCUT2D eigenvalue weighted by atomic mass is 32.2. The molecular weight excluding hydrogens is 649 g/mol. The number of anilines is 2. The van der Waals surface area contributed by atoms with Crippen molar-refractivity contribution in [3.05, 3.63) is 156 Å². The molecule has 0 spiro atoms. The molecule has 4 N–H and O–H groups in total. The molecule has 1 aliphatic heterocycles. The van der Waals surface area contributed by atoms with Gasteiger partial charge in [0.2, 0.25) is 5.91 Å². The van der Waals surface area contributed by atoms with Crippen LogP contribution in [0.3, 0.4) is 0 Å². The fraction of sp³-hybridized carbons (Fsp3) is 0.0750. The summed E-state index contributed by atoms with van der Waals surface area (Å²) in [4.78, 5) is 44.7. The molecule has 1 unspecified atom stereocenters. The normalized spacial score (nSPS) is 12.9. The van der Waals surface area contributed by atoms with Crippen LogP contribution in [0.15, 0.2) is 144 Å². The minimum atomic E-state index is -0.613. The summed E-state index contributed by atoms with van der Waals surface area (Å²) in [7, 11) is 0. The van der Waals surface area contributed by atoms with Gasteiger partial charge in [0, 0.05) is 50.6 Å². The Labute approximate surface area is 292 Å². The molecule has 1 aliphatic rings. The van der Waals surface area contributed by atoms with Crippen LogP contribution in [0, 0.1) is 0 Å². The number of amides is 3. The van der Waals surface area contributed by atoms with Crippen molar-refractivity contribution in [1.82, 2.24) is 10.3 Å². The smallest absolute Gasteiger partial charge is 0.272 e. The lowest BCUT2D eigenvalue weighted by atomic mass is 10.1. The molecule has 1 atom stereocenters. The summed E-state index contributed by atoms with van der Waals surface area (Å²) in [6.45, 7) is 0.925. The molecule has 7 rings (SSSR count). The first-order chi connectivity index (χ1) is 24.5. The van der Waals surface area contributed by atoms with Crippen LogP contribution in [-0.2, 0) is 9.59 Å². The van der Waals surface area contributed by atoms with E-state index in [1.165, 1.54) is 11.8 Å². The second kappa shape index (κ2) is 14.9. The first kappa shape index (κ1) is 32.3. The Morgan fingerprint density at radius 3 is 2.26 bits per heavy atom. The molecule has 2 heterocycles. The van der Waals surface area contributed by atoms with Gasteiger partial charge < -0.3 is 30.4 Å². The number of hydrogen-bond donors (Lipinski definition) is 4. The average molecular weight is 681 g/mol. The molecule has 0 bridgehead atoms. The van der Waals surface area contributed by atoms with Crippen LogP contribution in [0.1, 0.15) is 26.7 Å². The number of H-pyrrole nitrogens is 1. The standard InChI is InChI=1S/C40H32N4O5S/c45-38(27-12-5-2-6-13-27)44-34(22-28-25-41-33-17-8-7-16-32(28)33)39(46)42-29-14-9-15-31(23-29)50-37(26-10-3-1-4-11-26)40(47)43-30-18-19-35-36(24-30)49-21-20-48-35/h1-19,22-25,37,41H,20-21H2,(H,42,46)(H,43,47)(H,44,45)/b34-22-. The van der Waals surface area contributed by atoms with Gasteiger partial charge in [-0.1, -0.05) is 72.8 Å². The molecule has 0 saturated carbocycles. The van der Waals surface area contributed by atoms with E-state index in [2.05, 4.69) is 20.9 Å². The maximum atomic E-state index is 13.8. The van der Waals surface area contributed by atoms with Crippen molar-refractivity contribution < 1.29 is 23.9 Å². The first-order valence-corrected chi connectivity index (χ1v) is 16.9. The van der Waals surface area contributed by atoms with Crippen molar-refractivity contribution in [3.8, 4) is 11.5 Å². The van der Waals surface area contributed by atoms with E-state index >= 15 is 0 Å². The second-order valence-electron chi connectivity index (χ2n) is 11.4. The highest BCUT2D eigenvalue weighted by molar-refractivity contribution is 8.00. The Bertz CT molecular complexity index is 2200. The SMILES string of the molecule is O=C(Nc1cccc(SC(C(=O)Nc2ccc3c(c2)OCCO3)c2ccccc2)c1)/C(=C/c1c[nH]c2ccccc12)NC(=O)c1ccccc1. The summed E-state index contributed by atoms with van der Waals surface area (Å²) in [5.74, 6) is 0.0871. The van der Waals surface area contributed by atoms with Crippen LogP contribution >= 0.6 is 11.8 Å². The molecule has 1 aromatic heterocycles. The number of benzene rings is 5. The van der Waals surface area contributed by atoms with E-state index in [9.17, 15) is 14.4 Å². The lowest BCUT2D eigenvalue weighted by Gasteiger charge is -2.20. The van der Waals surface area contributed by atoms with Crippen molar-refractivity contribution in [2.24, 2.45) is 0 Å². The zero-order valence-corrected chi connectivity index (χ0v) is 27.5. The van der Waals surface area contributed by atoms with E-state index in [-0.39, 0.29) is 11.6 Å². The third kappa shape index (κ3) is 7.56. The zero-order chi connectivity index (χ0) is 34.3. The Hall–Kier alpha value is -6.26. The maximum absolute atomic E-state index is 13.8. The first-order valence-electron chi connectivity index (χ1n) is 16.0. The Kier molecular flexibility index (Phi) is 9.61. The predicted octanol–water partition coefficient (Wildman–Crippen LogP) is 7.82. The molecular formula is C40H32N4O5S. The molecule has 3 amide bonds. The molecule has 0 radical (unpaired) electrons. The number of nitrogens with one attached hydrogen (secondary N) is 4. The number of thioether (sulfide) groups is 1. The number of hydrogen-bond acceptors (Lipinski definition) is 6. The number of carbonyl (C=O) groups is 3. The number of fused-ring (bicyclic) bond motifs is 2. The van der Waals surface area contributed by atoms with E-state index in [4.69, 9.17) is 9.47 Å². The van der Waals surface area contributed by atoms with Crippen molar-refractivity contribution >= 4 is 57.8 Å². The summed E-state index contributed by atoms with van der Waals surface area (Å²) < 4.78 is 11.3. The van der Waals surface area contributed by atoms with Crippen molar-refractivity contribution in [2.45, 2.75) is 10.1 Å². The molecule has 0 aliphatic carbocycles. The van der Waals surface area contributed by atoms with E-state index in [0.717, 1.165) is 26.9 Å². The van der Waals surface area contributed by atoms with E-state index in [0.29, 0.717) is 41.7 Å². The van der Waals surface area contributed by atoms with Crippen LogP contribution in [0.2, 0.25) is 0 Å². The Morgan fingerprint density at radius 1 is 0.720 bits per heavy atom. The molecule has 10 heteroatoms. The highest BCUT2D eigenvalue weighted by Gasteiger charge is 2.24. The van der Waals surface area contributed by atoms with Gasteiger partial charge in [-0.15, -0.1) is 11.8 Å². The van der Waals surface area contributed by atoms with Gasteiger partial charge in [0.15, 0.2) is 11.5 Å². The molecule has 248 valence electrons. The predicted molar refractivity (Wildman–Crippen MR) is 196 cm³/mol. The number of aromatic amines is 1. The molecule has 6 aromatic rings. The Morgan fingerprint density at radius 2 is 1.44 bits per heavy atom. The van der Waals surface area contributed by atoms with Gasteiger partial charge in [-0.25, -0.2) is 0 Å². The lowest BCUT2D eigenvalue weighted by molar-refractivity contribution is -0.116. The van der Waals surface area contributed by atoms with Gasteiger partial charge in [0.05, 0.1) is 0 Å². The molecule has 0 fully saturated rings.